The Morgan fingerprint density at radius 2 is 0.824 bits per heavy atom. The fraction of sp³-hybridized carbons (Fsp3) is 0.471. The summed E-state index contributed by atoms with van der Waals surface area (Å²) in [6.07, 6.45) is 15.9. The Kier molecular flexibility index (Phi) is 9.43. The summed E-state index contributed by atoms with van der Waals surface area (Å²) in [6, 6.07) is 27.7. The van der Waals surface area contributed by atoms with Gasteiger partial charge in [0.2, 0.25) is 0 Å². The van der Waals surface area contributed by atoms with Gasteiger partial charge < -0.3 is 0 Å². The van der Waals surface area contributed by atoms with Gasteiger partial charge in [-0.05, 0) is 77.3 Å². The van der Waals surface area contributed by atoms with Gasteiger partial charge in [0.25, 0.3) is 0 Å². The number of hydrogen-bond acceptors (Lipinski definition) is 0. The van der Waals surface area contributed by atoms with Crippen LogP contribution in [0.3, 0.4) is 0 Å². The van der Waals surface area contributed by atoms with E-state index < -0.39 is 0 Å². The zero-order valence-electron chi connectivity index (χ0n) is 21.6. The minimum Gasteiger partial charge on any atom is -0.0654 e. The summed E-state index contributed by atoms with van der Waals surface area (Å²) in [5.74, 6) is 1.99. The molecule has 0 heterocycles. The average molecular weight is 453 g/mol. The standard InChI is InChI=1S/C34H44/c1-3-5-27-7-9-29(10-8-27)11-12-30-13-15-31(16-14-30)17-18-32-21-25-34(26-22-32)33-23-19-28(6-4-2)20-24-33/h13-16,19-27,29H,3-12,17-18H2,1-2H3/t27-,29-. The van der Waals surface area contributed by atoms with Crippen LogP contribution in [0.4, 0.5) is 0 Å². The Hall–Kier alpha value is -2.34. The van der Waals surface area contributed by atoms with Gasteiger partial charge in [0.05, 0.1) is 0 Å². The Morgan fingerprint density at radius 1 is 0.441 bits per heavy atom. The minimum absolute atomic E-state index is 0.963. The van der Waals surface area contributed by atoms with Gasteiger partial charge in [0.1, 0.15) is 0 Å². The molecule has 1 saturated carbocycles. The van der Waals surface area contributed by atoms with Crippen LogP contribution in [0.15, 0.2) is 72.8 Å². The predicted octanol–water partition coefficient (Wildman–Crippen LogP) is 9.63. The smallest absolute Gasteiger partial charge is 0.0184 e. The fourth-order valence-electron chi connectivity index (χ4n) is 5.77. The minimum atomic E-state index is 0.963. The summed E-state index contributed by atoms with van der Waals surface area (Å²) in [4.78, 5) is 0. The van der Waals surface area contributed by atoms with Crippen LogP contribution < -0.4 is 0 Å². The molecule has 34 heavy (non-hydrogen) atoms. The van der Waals surface area contributed by atoms with E-state index in [1.54, 1.807) is 0 Å². The summed E-state index contributed by atoms with van der Waals surface area (Å²) < 4.78 is 0. The molecule has 0 atom stereocenters. The van der Waals surface area contributed by atoms with Crippen molar-refractivity contribution in [3.63, 3.8) is 0 Å². The van der Waals surface area contributed by atoms with Crippen molar-refractivity contribution < 1.29 is 0 Å². The molecule has 0 bridgehead atoms. The lowest BCUT2D eigenvalue weighted by Gasteiger charge is -2.28. The largest absolute Gasteiger partial charge is 0.0654 e. The van der Waals surface area contributed by atoms with E-state index in [2.05, 4.69) is 86.6 Å². The van der Waals surface area contributed by atoms with Gasteiger partial charge in [-0.15, -0.1) is 0 Å². The van der Waals surface area contributed by atoms with Gasteiger partial charge in [-0.3, -0.25) is 0 Å². The average Bonchev–Trinajstić information content (AvgIpc) is 2.89. The van der Waals surface area contributed by atoms with Gasteiger partial charge in [-0.1, -0.05) is 132 Å². The van der Waals surface area contributed by atoms with E-state index in [0.717, 1.165) is 24.7 Å². The Balaban J connectivity index is 1.21. The normalized spacial score (nSPS) is 18.2. The highest BCUT2D eigenvalue weighted by molar-refractivity contribution is 5.64. The number of benzene rings is 3. The molecule has 0 unspecified atom stereocenters. The first-order valence-corrected chi connectivity index (χ1v) is 14.0. The topological polar surface area (TPSA) is 0 Å². The molecule has 0 radical (unpaired) electrons. The second kappa shape index (κ2) is 12.9. The maximum absolute atomic E-state index is 2.38. The summed E-state index contributed by atoms with van der Waals surface area (Å²) in [6.45, 7) is 4.57. The third kappa shape index (κ3) is 7.33. The number of aryl methyl sites for hydroxylation is 4. The molecule has 0 amide bonds. The zero-order chi connectivity index (χ0) is 23.6. The molecule has 3 aromatic carbocycles. The van der Waals surface area contributed by atoms with Gasteiger partial charge in [-0.2, -0.15) is 0 Å². The van der Waals surface area contributed by atoms with Gasteiger partial charge >= 0.3 is 0 Å². The zero-order valence-corrected chi connectivity index (χ0v) is 21.6. The van der Waals surface area contributed by atoms with Crippen molar-refractivity contribution in [3.05, 3.63) is 95.1 Å². The fourth-order valence-corrected chi connectivity index (χ4v) is 5.77. The number of rotatable bonds is 11. The molecule has 4 rings (SSSR count). The summed E-state index contributed by atoms with van der Waals surface area (Å²) in [5, 5.41) is 0. The molecule has 3 aromatic rings. The van der Waals surface area contributed by atoms with E-state index in [-0.39, 0.29) is 0 Å². The lowest BCUT2D eigenvalue weighted by Crippen LogP contribution is -2.15. The third-order valence-electron chi connectivity index (χ3n) is 8.01. The van der Waals surface area contributed by atoms with Crippen molar-refractivity contribution in [2.24, 2.45) is 11.8 Å². The van der Waals surface area contributed by atoms with Gasteiger partial charge in [0, 0.05) is 0 Å². The van der Waals surface area contributed by atoms with Crippen LogP contribution in [0.2, 0.25) is 0 Å². The maximum atomic E-state index is 2.38. The van der Waals surface area contributed by atoms with Crippen LogP contribution in [-0.2, 0) is 25.7 Å². The summed E-state index contributed by atoms with van der Waals surface area (Å²) in [5.41, 5.74) is 8.47. The first kappa shape index (κ1) is 24.8. The van der Waals surface area contributed by atoms with Crippen LogP contribution in [-0.4, -0.2) is 0 Å². The van der Waals surface area contributed by atoms with Crippen molar-refractivity contribution in [1.29, 1.82) is 0 Å². The summed E-state index contributed by atoms with van der Waals surface area (Å²) in [7, 11) is 0. The van der Waals surface area contributed by atoms with Crippen LogP contribution in [0, 0.1) is 11.8 Å². The summed E-state index contributed by atoms with van der Waals surface area (Å²) >= 11 is 0. The molecule has 0 N–H and O–H groups in total. The van der Waals surface area contributed by atoms with Crippen molar-refractivity contribution in [3.8, 4) is 11.1 Å². The molecular weight excluding hydrogens is 408 g/mol. The highest BCUT2D eigenvalue weighted by Gasteiger charge is 2.20. The van der Waals surface area contributed by atoms with E-state index >= 15 is 0 Å². The first-order chi connectivity index (χ1) is 16.7. The highest BCUT2D eigenvalue weighted by Crippen LogP contribution is 2.33. The highest BCUT2D eigenvalue weighted by atomic mass is 14.3. The second-order valence-electron chi connectivity index (χ2n) is 10.7. The molecule has 0 spiro atoms. The molecule has 0 aliphatic heterocycles. The van der Waals surface area contributed by atoms with E-state index in [9.17, 15) is 0 Å². The van der Waals surface area contributed by atoms with Crippen molar-refractivity contribution in [2.45, 2.75) is 90.9 Å². The van der Waals surface area contributed by atoms with Gasteiger partial charge in [-0.25, -0.2) is 0 Å². The quantitative estimate of drug-likeness (QED) is 0.271. The molecular formula is C34H44. The molecule has 0 aromatic heterocycles. The predicted molar refractivity (Wildman–Crippen MR) is 148 cm³/mol. The van der Waals surface area contributed by atoms with E-state index in [1.165, 1.54) is 97.6 Å². The maximum Gasteiger partial charge on any atom is -0.0184 e. The molecule has 1 fully saturated rings. The van der Waals surface area contributed by atoms with Crippen LogP contribution >= 0.6 is 0 Å². The van der Waals surface area contributed by atoms with Crippen molar-refractivity contribution in [1.82, 2.24) is 0 Å². The molecule has 180 valence electrons. The molecule has 1 aliphatic carbocycles. The van der Waals surface area contributed by atoms with Gasteiger partial charge in [0.15, 0.2) is 0 Å². The van der Waals surface area contributed by atoms with E-state index in [1.807, 2.05) is 0 Å². The van der Waals surface area contributed by atoms with Crippen molar-refractivity contribution >= 4 is 0 Å². The molecule has 0 saturated heterocycles. The third-order valence-corrected chi connectivity index (χ3v) is 8.01. The molecule has 0 nitrogen and oxygen atoms in total. The van der Waals surface area contributed by atoms with E-state index in [4.69, 9.17) is 0 Å². The Labute approximate surface area is 208 Å². The second-order valence-corrected chi connectivity index (χ2v) is 10.7. The van der Waals surface area contributed by atoms with Crippen LogP contribution in [0.25, 0.3) is 11.1 Å². The molecule has 0 heteroatoms. The van der Waals surface area contributed by atoms with Crippen LogP contribution in [0.1, 0.15) is 87.5 Å². The monoisotopic (exact) mass is 452 g/mol. The first-order valence-electron chi connectivity index (χ1n) is 14.0. The SMILES string of the molecule is CCCc1ccc(-c2ccc(CCc3ccc(CC[C@H]4CC[C@H](CCC)CC4)cc3)cc2)cc1. The Bertz CT molecular complexity index is 954. The van der Waals surface area contributed by atoms with Crippen molar-refractivity contribution in [2.75, 3.05) is 0 Å². The van der Waals surface area contributed by atoms with Crippen LogP contribution in [0.5, 0.6) is 0 Å². The Morgan fingerprint density at radius 3 is 1.26 bits per heavy atom. The number of hydrogen-bond donors (Lipinski definition) is 0. The molecule has 1 aliphatic rings. The van der Waals surface area contributed by atoms with E-state index in [0.29, 0.717) is 0 Å². The lowest BCUT2D eigenvalue weighted by molar-refractivity contribution is 0.252. The lowest BCUT2D eigenvalue weighted by atomic mass is 9.78.